The van der Waals surface area contributed by atoms with Crippen LogP contribution in [0.1, 0.15) is 30.1 Å². The molecule has 3 rings (SSSR count). The summed E-state index contributed by atoms with van der Waals surface area (Å²) in [5.74, 6) is 0. The van der Waals surface area contributed by atoms with E-state index in [0.717, 1.165) is 25.7 Å². The summed E-state index contributed by atoms with van der Waals surface area (Å²) in [7, 11) is 4.00. The first kappa shape index (κ1) is 13.1. The summed E-state index contributed by atoms with van der Waals surface area (Å²) in [6, 6.07) is 1.11. The van der Waals surface area contributed by atoms with E-state index in [0.29, 0.717) is 6.04 Å². The normalized spacial score (nSPS) is 28.8. The van der Waals surface area contributed by atoms with Gasteiger partial charge in [0.05, 0.1) is 24.9 Å². The fourth-order valence-corrected chi connectivity index (χ4v) is 3.13. The Morgan fingerprint density at radius 1 is 1.47 bits per heavy atom. The lowest BCUT2D eigenvalue weighted by Gasteiger charge is -2.41. The Morgan fingerprint density at radius 2 is 2.26 bits per heavy atom. The van der Waals surface area contributed by atoms with E-state index in [1.807, 2.05) is 25.0 Å². The second kappa shape index (κ2) is 5.23. The minimum atomic E-state index is 0.224. The average molecular weight is 264 g/mol. The molecule has 106 valence electrons. The van der Waals surface area contributed by atoms with Crippen LogP contribution in [0.5, 0.6) is 0 Å². The number of likely N-dealkylation sites (N-methyl/N-ethyl adjacent to an activating group) is 1. The summed E-state index contributed by atoms with van der Waals surface area (Å²) in [6.45, 7) is 4.93. The third kappa shape index (κ3) is 2.42. The molecule has 2 heterocycles. The van der Waals surface area contributed by atoms with E-state index in [4.69, 9.17) is 4.74 Å². The molecule has 0 amide bonds. The van der Waals surface area contributed by atoms with Gasteiger partial charge in [-0.05, 0) is 26.8 Å². The number of morpholine rings is 1. The van der Waals surface area contributed by atoms with Gasteiger partial charge in [0.2, 0.25) is 0 Å². The van der Waals surface area contributed by atoms with Crippen LogP contribution in [0.15, 0.2) is 6.20 Å². The van der Waals surface area contributed by atoms with Crippen molar-refractivity contribution in [1.29, 1.82) is 0 Å². The van der Waals surface area contributed by atoms with Gasteiger partial charge in [-0.25, -0.2) is 0 Å². The molecule has 1 saturated heterocycles. The van der Waals surface area contributed by atoms with Crippen LogP contribution in [-0.4, -0.2) is 53.6 Å². The summed E-state index contributed by atoms with van der Waals surface area (Å²) < 4.78 is 7.98. The molecule has 1 aliphatic heterocycles. The molecule has 1 saturated carbocycles. The topological polar surface area (TPSA) is 42.3 Å². The van der Waals surface area contributed by atoms with Crippen molar-refractivity contribution in [2.24, 2.45) is 7.05 Å². The largest absolute Gasteiger partial charge is 0.374 e. The molecular weight excluding hydrogens is 240 g/mol. The van der Waals surface area contributed by atoms with Gasteiger partial charge in [-0.3, -0.25) is 9.58 Å². The fraction of sp³-hybridized carbons (Fsp3) is 0.786. The summed E-state index contributed by atoms with van der Waals surface area (Å²) in [5, 5.41) is 7.68. The van der Waals surface area contributed by atoms with Gasteiger partial charge in [0.25, 0.3) is 0 Å². The Hall–Kier alpha value is -0.910. The quantitative estimate of drug-likeness (QED) is 0.875. The molecule has 0 spiro atoms. The van der Waals surface area contributed by atoms with E-state index in [1.165, 1.54) is 24.1 Å². The van der Waals surface area contributed by atoms with Gasteiger partial charge < -0.3 is 10.1 Å². The van der Waals surface area contributed by atoms with Crippen molar-refractivity contribution in [1.82, 2.24) is 20.0 Å². The number of aryl methyl sites for hydroxylation is 1. The van der Waals surface area contributed by atoms with E-state index in [2.05, 4.69) is 22.2 Å². The average Bonchev–Trinajstić information content (AvgIpc) is 3.19. The highest BCUT2D eigenvalue weighted by Gasteiger charge is 2.42. The lowest BCUT2D eigenvalue weighted by atomic mass is 9.98. The van der Waals surface area contributed by atoms with E-state index in [-0.39, 0.29) is 6.10 Å². The molecule has 0 aromatic carbocycles. The first-order valence-electron chi connectivity index (χ1n) is 7.23. The highest BCUT2D eigenvalue weighted by molar-refractivity contribution is 5.23. The van der Waals surface area contributed by atoms with Crippen molar-refractivity contribution in [3.05, 3.63) is 17.5 Å². The second-order valence-corrected chi connectivity index (χ2v) is 5.69. The van der Waals surface area contributed by atoms with E-state index in [1.54, 1.807) is 0 Å². The maximum absolute atomic E-state index is 6.02. The molecule has 2 fully saturated rings. The highest BCUT2D eigenvalue weighted by atomic mass is 16.5. The Morgan fingerprint density at radius 3 is 2.84 bits per heavy atom. The molecule has 1 N–H and O–H groups in total. The minimum absolute atomic E-state index is 0.224. The zero-order valence-electron chi connectivity index (χ0n) is 12.1. The number of hydrogen-bond donors (Lipinski definition) is 1. The standard InChI is InChI=1S/C14H24N4O/c1-10-12(8-16-17(10)3)14-13(9-15-2)19-7-6-18(14)11-4-5-11/h8,11,13-15H,4-7,9H2,1-3H3. The van der Waals surface area contributed by atoms with Gasteiger partial charge in [0.1, 0.15) is 0 Å². The summed E-state index contributed by atoms with van der Waals surface area (Å²) >= 11 is 0. The fourth-order valence-electron chi connectivity index (χ4n) is 3.13. The Bertz CT molecular complexity index is 439. The molecular formula is C14H24N4O. The van der Waals surface area contributed by atoms with Gasteiger partial charge in [0.15, 0.2) is 0 Å². The monoisotopic (exact) mass is 264 g/mol. The van der Waals surface area contributed by atoms with Gasteiger partial charge in [-0.2, -0.15) is 5.10 Å². The van der Waals surface area contributed by atoms with Crippen LogP contribution in [0, 0.1) is 6.92 Å². The molecule has 0 radical (unpaired) electrons. The first-order valence-corrected chi connectivity index (χ1v) is 7.23. The van der Waals surface area contributed by atoms with Crippen molar-refractivity contribution in [3.63, 3.8) is 0 Å². The Labute approximate surface area is 114 Å². The molecule has 1 aliphatic carbocycles. The number of nitrogens with zero attached hydrogens (tertiary/aromatic N) is 3. The summed E-state index contributed by atoms with van der Waals surface area (Å²) in [6.07, 6.45) is 4.92. The molecule has 2 aliphatic rings. The van der Waals surface area contributed by atoms with Crippen LogP contribution < -0.4 is 5.32 Å². The number of hydrogen-bond acceptors (Lipinski definition) is 4. The van der Waals surface area contributed by atoms with E-state index < -0.39 is 0 Å². The van der Waals surface area contributed by atoms with Crippen molar-refractivity contribution in [2.45, 2.75) is 38.0 Å². The third-order valence-corrected chi connectivity index (χ3v) is 4.40. The summed E-state index contributed by atoms with van der Waals surface area (Å²) in [5.41, 5.74) is 2.58. The second-order valence-electron chi connectivity index (χ2n) is 5.69. The minimum Gasteiger partial charge on any atom is -0.374 e. The molecule has 1 aromatic rings. The first-order chi connectivity index (χ1) is 9.22. The zero-order chi connectivity index (χ0) is 13.4. The third-order valence-electron chi connectivity index (χ3n) is 4.40. The van der Waals surface area contributed by atoms with Crippen LogP contribution in [0.2, 0.25) is 0 Å². The predicted molar refractivity (Wildman–Crippen MR) is 74.1 cm³/mol. The van der Waals surface area contributed by atoms with Crippen LogP contribution in [0.25, 0.3) is 0 Å². The van der Waals surface area contributed by atoms with Gasteiger partial charge in [-0.15, -0.1) is 0 Å². The van der Waals surface area contributed by atoms with Crippen LogP contribution >= 0.6 is 0 Å². The van der Waals surface area contributed by atoms with Crippen molar-refractivity contribution >= 4 is 0 Å². The van der Waals surface area contributed by atoms with Crippen LogP contribution in [0.3, 0.4) is 0 Å². The molecule has 5 nitrogen and oxygen atoms in total. The molecule has 5 heteroatoms. The number of aromatic nitrogens is 2. The maximum Gasteiger partial charge on any atom is 0.0897 e. The van der Waals surface area contributed by atoms with Gasteiger partial charge in [-0.1, -0.05) is 0 Å². The zero-order valence-corrected chi connectivity index (χ0v) is 12.1. The van der Waals surface area contributed by atoms with Gasteiger partial charge in [0, 0.05) is 37.4 Å². The van der Waals surface area contributed by atoms with Crippen molar-refractivity contribution < 1.29 is 4.74 Å². The Kier molecular flexibility index (Phi) is 3.60. The highest BCUT2D eigenvalue weighted by Crippen LogP contribution is 2.39. The van der Waals surface area contributed by atoms with Crippen molar-refractivity contribution in [2.75, 3.05) is 26.7 Å². The SMILES string of the molecule is CNCC1OCCN(C2CC2)C1c1cnn(C)c1C. The number of rotatable bonds is 4. The molecule has 0 bridgehead atoms. The lowest BCUT2D eigenvalue weighted by molar-refractivity contribution is -0.0742. The smallest absolute Gasteiger partial charge is 0.0897 e. The van der Waals surface area contributed by atoms with E-state index >= 15 is 0 Å². The Balaban J connectivity index is 1.91. The summed E-state index contributed by atoms with van der Waals surface area (Å²) in [4.78, 5) is 2.63. The van der Waals surface area contributed by atoms with Crippen LogP contribution in [0.4, 0.5) is 0 Å². The van der Waals surface area contributed by atoms with Crippen molar-refractivity contribution in [3.8, 4) is 0 Å². The number of ether oxygens (including phenoxy) is 1. The van der Waals surface area contributed by atoms with Gasteiger partial charge >= 0.3 is 0 Å². The van der Waals surface area contributed by atoms with E-state index in [9.17, 15) is 0 Å². The maximum atomic E-state index is 6.02. The van der Waals surface area contributed by atoms with Crippen LogP contribution in [-0.2, 0) is 11.8 Å². The molecule has 2 unspecified atom stereocenters. The molecule has 2 atom stereocenters. The number of nitrogens with one attached hydrogen (secondary N) is 1. The molecule has 1 aromatic heterocycles. The lowest BCUT2D eigenvalue weighted by Crippen LogP contribution is -2.49. The predicted octanol–water partition coefficient (Wildman–Crippen LogP) is 0.852. The molecule has 19 heavy (non-hydrogen) atoms.